The molecule has 214 valence electrons. The van der Waals surface area contributed by atoms with E-state index in [1.807, 2.05) is 81.4 Å². The quantitative estimate of drug-likeness (QED) is 0.157. The minimum atomic E-state index is -0.621. The summed E-state index contributed by atoms with van der Waals surface area (Å²) in [6.07, 6.45) is 0. The predicted octanol–water partition coefficient (Wildman–Crippen LogP) is 8.03. The lowest BCUT2D eigenvalue weighted by Gasteiger charge is -2.27. The Morgan fingerprint density at radius 1 is 1.00 bits per heavy atom. The molecule has 8 heteroatoms. The van der Waals surface area contributed by atoms with Crippen molar-refractivity contribution in [1.29, 1.82) is 5.26 Å². The van der Waals surface area contributed by atoms with Gasteiger partial charge in [0.25, 0.3) is 0 Å². The van der Waals surface area contributed by atoms with Crippen LogP contribution in [0.1, 0.15) is 49.9 Å². The van der Waals surface area contributed by atoms with E-state index in [9.17, 15) is 10.1 Å². The van der Waals surface area contributed by atoms with Gasteiger partial charge in [-0.25, -0.2) is 4.79 Å². The van der Waals surface area contributed by atoms with E-state index in [0.29, 0.717) is 34.3 Å². The van der Waals surface area contributed by atoms with Crippen molar-refractivity contribution >= 4 is 28.5 Å². The fourth-order valence-corrected chi connectivity index (χ4v) is 5.64. The summed E-state index contributed by atoms with van der Waals surface area (Å²) >= 11 is 5.99. The van der Waals surface area contributed by atoms with Gasteiger partial charge in [-0.15, -0.1) is 0 Å². The molecule has 4 aromatic carbocycles. The number of carbonyl (C=O) groups is 1. The fourth-order valence-electron chi connectivity index (χ4n) is 5.51. The topological polar surface area (TPSA) is 108 Å². The Morgan fingerprint density at radius 2 is 1.79 bits per heavy atom. The first-order valence-electron chi connectivity index (χ1n) is 13.6. The van der Waals surface area contributed by atoms with Crippen LogP contribution in [0.2, 0.25) is 5.02 Å². The van der Waals surface area contributed by atoms with Gasteiger partial charge in [-0.2, -0.15) is 5.26 Å². The average molecular weight is 591 g/mol. The number of nitrogens with zero attached hydrogens (tertiary/aromatic N) is 1. The minimum Gasteiger partial charge on any atom is -0.489 e. The van der Waals surface area contributed by atoms with Crippen LogP contribution in [0.25, 0.3) is 11.0 Å². The fraction of sp³-hybridized carbons (Fsp3) is 0.143. The number of esters is 1. The van der Waals surface area contributed by atoms with Gasteiger partial charge in [-0.1, -0.05) is 48.0 Å². The molecular formula is C35H27ClN2O5. The first-order valence-corrected chi connectivity index (χ1v) is 14.0. The van der Waals surface area contributed by atoms with Crippen molar-refractivity contribution in [3.63, 3.8) is 0 Å². The SMILES string of the molecule is Cc1cc(C)c2c(C)c(C(=O)Oc3ccc4c(c3)OC(N)=C(C#N)C4c3cccc(OCc4ccc(Cl)cc4)c3)oc2c1. The lowest BCUT2D eigenvalue weighted by atomic mass is 9.83. The third kappa shape index (κ3) is 5.41. The smallest absolute Gasteiger partial charge is 0.379 e. The molecule has 0 aliphatic carbocycles. The summed E-state index contributed by atoms with van der Waals surface area (Å²) in [7, 11) is 0. The third-order valence-electron chi connectivity index (χ3n) is 7.47. The standard InChI is InChI=1S/C35H27ClN2O5/c1-19-13-20(2)31-21(3)33(42-30(31)14-19)35(39)41-26-11-12-27-29(16-26)43-34(38)28(17-37)32(27)23-5-4-6-25(15-23)40-18-22-7-9-24(36)10-8-22/h4-16,32H,18,38H2,1-3H3. The first kappa shape index (κ1) is 28.0. The van der Waals surface area contributed by atoms with Crippen LogP contribution in [-0.2, 0) is 6.61 Å². The number of fused-ring (bicyclic) bond motifs is 2. The summed E-state index contributed by atoms with van der Waals surface area (Å²) < 4.78 is 23.5. The highest BCUT2D eigenvalue weighted by atomic mass is 35.5. The highest BCUT2D eigenvalue weighted by molar-refractivity contribution is 6.30. The van der Waals surface area contributed by atoms with Crippen molar-refractivity contribution in [2.24, 2.45) is 5.73 Å². The van der Waals surface area contributed by atoms with E-state index < -0.39 is 11.9 Å². The monoisotopic (exact) mass is 590 g/mol. The van der Waals surface area contributed by atoms with Crippen LogP contribution in [0.15, 0.2) is 94.7 Å². The van der Waals surface area contributed by atoms with Gasteiger partial charge in [0.1, 0.15) is 41.1 Å². The number of benzene rings is 4. The Bertz CT molecular complexity index is 1970. The Kier molecular flexibility index (Phi) is 7.31. The Labute approximate surface area is 253 Å². The maximum absolute atomic E-state index is 13.2. The van der Waals surface area contributed by atoms with E-state index in [4.69, 9.17) is 36.0 Å². The van der Waals surface area contributed by atoms with Crippen LogP contribution >= 0.6 is 11.6 Å². The zero-order chi connectivity index (χ0) is 30.2. The van der Waals surface area contributed by atoms with Crippen molar-refractivity contribution < 1.29 is 23.4 Å². The normalized spacial score (nSPS) is 14.2. The lowest BCUT2D eigenvalue weighted by Crippen LogP contribution is -2.21. The van der Waals surface area contributed by atoms with Gasteiger partial charge in [-0.3, -0.25) is 0 Å². The maximum atomic E-state index is 13.2. The second-order valence-corrected chi connectivity index (χ2v) is 10.9. The molecule has 2 heterocycles. The summed E-state index contributed by atoms with van der Waals surface area (Å²) in [5, 5.41) is 11.6. The molecule has 7 nitrogen and oxygen atoms in total. The summed E-state index contributed by atoms with van der Waals surface area (Å²) in [4.78, 5) is 13.2. The van der Waals surface area contributed by atoms with Gasteiger partial charge in [0.2, 0.25) is 11.6 Å². The molecule has 1 aliphatic heterocycles. The molecule has 0 fully saturated rings. The van der Waals surface area contributed by atoms with Crippen molar-refractivity contribution in [1.82, 2.24) is 0 Å². The van der Waals surface area contributed by atoms with Gasteiger partial charge in [0.05, 0.1) is 5.92 Å². The van der Waals surface area contributed by atoms with E-state index in [1.165, 1.54) is 0 Å². The van der Waals surface area contributed by atoms with Gasteiger partial charge >= 0.3 is 5.97 Å². The number of allylic oxidation sites excluding steroid dienone is 1. The second kappa shape index (κ2) is 11.2. The molecule has 6 rings (SSSR count). The van der Waals surface area contributed by atoms with E-state index in [-0.39, 0.29) is 23.0 Å². The molecule has 1 aliphatic rings. The maximum Gasteiger partial charge on any atom is 0.379 e. The molecule has 43 heavy (non-hydrogen) atoms. The molecule has 1 atom stereocenters. The molecule has 5 aromatic rings. The van der Waals surface area contributed by atoms with Crippen molar-refractivity contribution in [3.05, 3.63) is 134 Å². The third-order valence-corrected chi connectivity index (χ3v) is 7.72. The van der Waals surface area contributed by atoms with E-state index in [0.717, 1.165) is 33.2 Å². The molecule has 1 unspecified atom stereocenters. The molecule has 0 bridgehead atoms. The molecule has 0 saturated heterocycles. The Hall–Kier alpha value is -5.19. The zero-order valence-corrected chi connectivity index (χ0v) is 24.5. The van der Waals surface area contributed by atoms with Crippen LogP contribution in [0.5, 0.6) is 17.2 Å². The molecule has 1 aromatic heterocycles. The van der Waals surface area contributed by atoms with Crippen molar-refractivity contribution in [2.75, 3.05) is 0 Å². The number of hydrogen-bond donors (Lipinski definition) is 1. The first-order chi connectivity index (χ1) is 20.7. The summed E-state index contributed by atoms with van der Waals surface area (Å²) in [5.41, 5.74) is 12.4. The second-order valence-electron chi connectivity index (χ2n) is 10.5. The van der Waals surface area contributed by atoms with Crippen LogP contribution < -0.4 is 19.9 Å². The van der Waals surface area contributed by atoms with Gasteiger partial charge < -0.3 is 24.4 Å². The molecule has 0 saturated carbocycles. The zero-order valence-electron chi connectivity index (χ0n) is 23.7. The predicted molar refractivity (Wildman–Crippen MR) is 163 cm³/mol. The number of aryl methyl sites for hydroxylation is 3. The highest BCUT2D eigenvalue weighted by Gasteiger charge is 2.32. The number of ether oxygens (including phenoxy) is 3. The number of carbonyl (C=O) groups excluding carboxylic acids is 1. The number of halogens is 1. The number of rotatable bonds is 6. The lowest BCUT2D eigenvalue weighted by molar-refractivity contribution is 0.0702. The van der Waals surface area contributed by atoms with Crippen molar-refractivity contribution in [3.8, 4) is 23.3 Å². The number of hydrogen-bond acceptors (Lipinski definition) is 7. The number of nitriles is 1. The summed E-state index contributed by atoms with van der Waals surface area (Å²) in [5.74, 6) is 0.257. The van der Waals surface area contributed by atoms with Gasteiger partial charge in [-0.05, 0) is 79.4 Å². The molecule has 2 N–H and O–H groups in total. The average Bonchev–Trinajstić information content (AvgIpc) is 3.32. The minimum absolute atomic E-state index is 0.0186. The molecule has 0 radical (unpaired) electrons. The van der Waals surface area contributed by atoms with E-state index >= 15 is 0 Å². The molecule has 0 amide bonds. The van der Waals surface area contributed by atoms with Crippen molar-refractivity contribution in [2.45, 2.75) is 33.3 Å². The Morgan fingerprint density at radius 3 is 2.56 bits per heavy atom. The molecular weight excluding hydrogens is 564 g/mol. The van der Waals surface area contributed by atoms with Crippen LogP contribution in [-0.4, -0.2) is 5.97 Å². The van der Waals surface area contributed by atoms with Crippen LogP contribution in [0.3, 0.4) is 0 Å². The van der Waals surface area contributed by atoms with E-state index in [2.05, 4.69) is 6.07 Å². The molecule has 0 spiro atoms. The Balaban J connectivity index is 1.28. The van der Waals surface area contributed by atoms with E-state index in [1.54, 1.807) is 18.2 Å². The van der Waals surface area contributed by atoms with Gasteiger partial charge in [0.15, 0.2) is 0 Å². The summed E-state index contributed by atoms with van der Waals surface area (Å²) in [6.45, 7) is 6.16. The van der Waals surface area contributed by atoms with Gasteiger partial charge in [0, 0.05) is 27.6 Å². The van der Waals surface area contributed by atoms with Crippen LogP contribution in [0, 0.1) is 32.1 Å². The largest absolute Gasteiger partial charge is 0.489 e. The van der Waals surface area contributed by atoms with Crippen LogP contribution in [0.4, 0.5) is 0 Å². The number of furan rings is 1. The number of nitrogens with two attached hydrogens (primary N) is 1. The summed E-state index contributed by atoms with van der Waals surface area (Å²) in [6, 6.07) is 26.1. The highest BCUT2D eigenvalue weighted by Crippen LogP contribution is 2.44.